The molecule has 0 unspecified atom stereocenters. The molecule has 2 N–H and O–H groups in total. The van der Waals surface area contributed by atoms with E-state index in [9.17, 15) is 0 Å². The Hall–Kier alpha value is -2.77. The summed E-state index contributed by atoms with van der Waals surface area (Å²) in [6.07, 6.45) is 1.56. The number of nitrogen functional groups attached to an aromatic ring is 1. The Morgan fingerprint density at radius 3 is 2.89 bits per heavy atom. The van der Waals surface area contributed by atoms with Crippen molar-refractivity contribution in [2.75, 3.05) is 5.73 Å². The summed E-state index contributed by atoms with van der Waals surface area (Å²) in [4.78, 5) is 4.21. The van der Waals surface area contributed by atoms with E-state index < -0.39 is 0 Å². The van der Waals surface area contributed by atoms with Crippen LogP contribution in [0.2, 0.25) is 0 Å². The largest absolute Gasteiger partial charge is 0.399 e. The van der Waals surface area contributed by atoms with Crippen molar-refractivity contribution in [3.63, 3.8) is 0 Å². The summed E-state index contributed by atoms with van der Waals surface area (Å²) in [7, 11) is 1.73. The minimum atomic E-state index is 0.498. The van der Waals surface area contributed by atoms with Crippen molar-refractivity contribution in [1.82, 2.24) is 35.0 Å². The maximum absolute atomic E-state index is 5.72. The summed E-state index contributed by atoms with van der Waals surface area (Å²) in [5, 5.41) is 15.4. The van der Waals surface area contributed by atoms with Crippen LogP contribution in [0.5, 0.6) is 0 Å². The fourth-order valence-electron chi connectivity index (χ4n) is 1.59. The van der Waals surface area contributed by atoms with E-state index in [-0.39, 0.29) is 0 Å². The molecule has 0 fully saturated rings. The van der Waals surface area contributed by atoms with Gasteiger partial charge in [0, 0.05) is 18.3 Å². The topological polar surface area (TPSA) is 100 Å². The Balaban J connectivity index is 2.02. The molecule has 1 aromatic carbocycles. The van der Waals surface area contributed by atoms with Gasteiger partial charge in [-0.25, -0.2) is 9.67 Å². The zero-order chi connectivity index (χ0) is 12.5. The van der Waals surface area contributed by atoms with Crippen LogP contribution in [0.3, 0.4) is 0 Å². The number of hydrogen-bond acceptors (Lipinski definition) is 6. The molecule has 0 aliphatic rings. The van der Waals surface area contributed by atoms with Crippen molar-refractivity contribution in [2.24, 2.45) is 7.05 Å². The maximum Gasteiger partial charge on any atom is 0.271 e. The molecule has 0 saturated carbocycles. The third-order valence-corrected chi connectivity index (χ3v) is 2.44. The molecular weight excluding hydrogens is 232 g/mol. The highest BCUT2D eigenvalue weighted by Gasteiger charge is 2.09. The number of nitrogens with two attached hydrogens (primary N) is 1. The predicted octanol–water partition coefficient (Wildman–Crippen LogP) is 0.0400. The number of aromatic nitrogens is 7. The number of tetrazole rings is 1. The first-order valence-corrected chi connectivity index (χ1v) is 5.24. The van der Waals surface area contributed by atoms with Crippen LogP contribution < -0.4 is 5.73 Å². The SMILES string of the molecule is Cn1nnnc1-n1cnc(-c2cccc(N)c2)n1. The first-order chi connectivity index (χ1) is 8.74. The van der Waals surface area contributed by atoms with Crippen molar-refractivity contribution in [1.29, 1.82) is 0 Å². The Kier molecular flexibility index (Phi) is 2.26. The van der Waals surface area contributed by atoms with Gasteiger partial charge < -0.3 is 5.73 Å². The highest BCUT2D eigenvalue weighted by molar-refractivity contribution is 5.60. The Bertz CT molecular complexity index is 683. The molecule has 0 aliphatic heterocycles. The second-order valence-corrected chi connectivity index (χ2v) is 3.74. The van der Waals surface area contributed by atoms with Gasteiger partial charge in [0.15, 0.2) is 5.82 Å². The monoisotopic (exact) mass is 242 g/mol. The standard InChI is InChI=1S/C10H10N8/c1-17-10(13-15-16-17)18-6-12-9(14-18)7-3-2-4-8(11)5-7/h2-6H,11H2,1H3. The van der Waals surface area contributed by atoms with Gasteiger partial charge in [0.2, 0.25) is 0 Å². The number of benzene rings is 1. The van der Waals surface area contributed by atoms with Crippen molar-refractivity contribution in [2.45, 2.75) is 0 Å². The van der Waals surface area contributed by atoms with E-state index in [4.69, 9.17) is 5.73 Å². The van der Waals surface area contributed by atoms with Crippen LogP contribution in [-0.4, -0.2) is 35.0 Å². The van der Waals surface area contributed by atoms with E-state index in [1.54, 1.807) is 13.4 Å². The molecule has 2 heterocycles. The van der Waals surface area contributed by atoms with Gasteiger partial charge in [0.1, 0.15) is 6.33 Å². The third kappa shape index (κ3) is 1.69. The zero-order valence-corrected chi connectivity index (χ0v) is 9.59. The summed E-state index contributed by atoms with van der Waals surface area (Å²) in [5.74, 6) is 1.07. The normalized spacial score (nSPS) is 10.7. The molecule has 8 nitrogen and oxygen atoms in total. The van der Waals surface area contributed by atoms with E-state index in [2.05, 4.69) is 25.6 Å². The fraction of sp³-hybridized carbons (Fsp3) is 0.100. The first-order valence-electron chi connectivity index (χ1n) is 5.24. The predicted molar refractivity (Wildman–Crippen MR) is 63.6 cm³/mol. The highest BCUT2D eigenvalue weighted by Crippen LogP contribution is 2.17. The molecule has 3 rings (SSSR count). The van der Waals surface area contributed by atoms with Crippen LogP contribution in [-0.2, 0) is 7.05 Å². The van der Waals surface area contributed by atoms with Crippen LogP contribution in [0.1, 0.15) is 0 Å². The van der Waals surface area contributed by atoms with Crippen molar-refractivity contribution >= 4 is 5.69 Å². The van der Waals surface area contributed by atoms with E-state index in [0.29, 0.717) is 17.5 Å². The molecule has 0 amide bonds. The number of aryl methyl sites for hydroxylation is 1. The van der Waals surface area contributed by atoms with Crippen LogP contribution in [0.4, 0.5) is 5.69 Å². The van der Waals surface area contributed by atoms with Gasteiger partial charge in [-0.1, -0.05) is 17.2 Å². The molecule has 8 heteroatoms. The van der Waals surface area contributed by atoms with Gasteiger partial charge in [-0.3, -0.25) is 0 Å². The number of hydrogen-bond donors (Lipinski definition) is 1. The Morgan fingerprint density at radius 1 is 1.28 bits per heavy atom. The second-order valence-electron chi connectivity index (χ2n) is 3.74. The molecule has 0 atom stereocenters. The molecule has 2 aromatic heterocycles. The van der Waals surface area contributed by atoms with Gasteiger partial charge in [0.05, 0.1) is 0 Å². The number of rotatable bonds is 2. The smallest absolute Gasteiger partial charge is 0.271 e. The average molecular weight is 242 g/mol. The van der Waals surface area contributed by atoms with Crippen molar-refractivity contribution < 1.29 is 0 Å². The quantitative estimate of drug-likeness (QED) is 0.637. The molecule has 90 valence electrons. The second kappa shape index (κ2) is 3.91. The summed E-state index contributed by atoms with van der Waals surface area (Å²) in [6, 6.07) is 7.38. The zero-order valence-electron chi connectivity index (χ0n) is 9.59. The van der Waals surface area contributed by atoms with Gasteiger partial charge in [-0.15, -0.1) is 5.10 Å². The molecule has 3 aromatic rings. The van der Waals surface area contributed by atoms with Crippen LogP contribution in [0.15, 0.2) is 30.6 Å². The Morgan fingerprint density at radius 2 is 2.17 bits per heavy atom. The van der Waals surface area contributed by atoms with Crippen molar-refractivity contribution in [3.05, 3.63) is 30.6 Å². The molecule has 0 bridgehead atoms. The summed E-state index contributed by atoms with van der Waals surface area (Å²) >= 11 is 0. The molecule has 0 saturated heterocycles. The van der Waals surface area contributed by atoms with Gasteiger partial charge in [0.25, 0.3) is 5.95 Å². The van der Waals surface area contributed by atoms with Crippen LogP contribution in [0.25, 0.3) is 17.3 Å². The minimum absolute atomic E-state index is 0.498. The average Bonchev–Trinajstić information content (AvgIpc) is 2.97. The number of nitrogens with zero attached hydrogens (tertiary/aromatic N) is 7. The van der Waals surface area contributed by atoms with E-state index >= 15 is 0 Å². The fourth-order valence-corrected chi connectivity index (χ4v) is 1.59. The lowest BCUT2D eigenvalue weighted by Gasteiger charge is -1.97. The molecule has 0 aliphatic carbocycles. The van der Waals surface area contributed by atoms with E-state index in [0.717, 1.165) is 5.56 Å². The summed E-state index contributed by atoms with van der Waals surface area (Å²) < 4.78 is 3.02. The van der Waals surface area contributed by atoms with Crippen LogP contribution >= 0.6 is 0 Å². The highest BCUT2D eigenvalue weighted by atomic mass is 15.6. The maximum atomic E-state index is 5.72. The van der Waals surface area contributed by atoms with Crippen LogP contribution in [0, 0.1) is 0 Å². The lowest BCUT2D eigenvalue weighted by molar-refractivity contribution is 0.672. The minimum Gasteiger partial charge on any atom is -0.399 e. The van der Waals surface area contributed by atoms with Gasteiger partial charge >= 0.3 is 0 Å². The molecule has 18 heavy (non-hydrogen) atoms. The summed E-state index contributed by atoms with van der Waals surface area (Å²) in [6.45, 7) is 0. The Labute approximate surface area is 102 Å². The van der Waals surface area contributed by atoms with E-state index in [1.807, 2.05) is 24.3 Å². The third-order valence-electron chi connectivity index (χ3n) is 2.44. The van der Waals surface area contributed by atoms with Gasteiger partial charge in [-0.05, 0) is 22.6 Å². The van der Waals surface area contributed by atoms with E-state index in [1.165, 1.54) is 9.36 Å². The lowest BCUT2D eigenvalue weighted by atomic mass is 10.2. The molecule has 0 radical (unpaired) electrons. The molecule has 0 spiro atoms. The van der Waals surface area contributed by atoms with Crippen molar-refractivity contribution in [3.8, 4) is 17.3 Å². The number of anilines is 1. The molecular formula is C10H10N8. The lowest BCUT2D eigenvalue weighted by Crippen LogP contribution is -2.04. The van der Waals surface area contributed by atoms with Gasteiger partial charge in [-0.2, -0.15) is 4.68 Å². The first kappa shape index (κ1) is 10.4. The summed E-state index contributed by atoms with van der Waals surface area (Å²) in [5.41, 5.74) is 7.24.